The van der Waals surface area contributed by atoms with E-state index in [4.69, 9.17) is 44.8 Å². The standard InChI is InChI=1S/C31H32ClNO10/c1-13-9-16-23(28(34)31(13)29(35)24-17(37-3)12-18(38-4)25(32)27(24)43-31)22(21(14(2)33-16)30(36)42-8)15-10-19(39-5)26(41-7)20(11-15)40-6/h10-13,22,33H,9H2,1-8H3/t13-,22+,31+/m1/s1. The molecule has 3 aliphatic rings. The monoisotopic (exact) mass is 613 g/mol. The first kappa shape index (κ1) is 30.1. The SMILES string of the molecule is COC(=O)C1=C(C)NC2=C(C(=O)[C@@]3(Oc4c(Cl)c(OC)cc(OC)c4C3=O)[C@H](C)C2)[C@H]1c1cc(OC)c(OC)c(OC)c1. The maximum Gasteiger partial charge on any atom is 0.336 e. The number of hydrogen-bond acceptors (Lipinski definition) is 11. The van der Waals surface area contributed by atoms with Crippen molar-refractivity contribution in [3.05, 3.63) is 56.9 Å². The van der Waals surface area contributed by atoms with E-state index < -0.39 is 35.0 Å². The zero-order chi connectivity index (χ0) is 31.4. The van der Waals surface area contributed by atoms with E-state index in [1.807, 2.05) is 0 Å². The van der Waals surface area contributed by atoms with Gasteiger partial charge in [0.2, 0.25) is 22.9 Å². The van der Waals surface area contributed by atoms with Crippen LogP contribution in [0.2, 0.25) is 5.02 Å². The lowest BCUT2D eigenvalue weighted by molar-refractivity contribution is -0.136. The molecule has 0 fully saturated rings. The Balaban J connectivity index is 1.76. The van der Waals surface area contributed by atoms with Crippen molar-refractivity contribution >= 4 is 29.1 Å². The second-order valence-corrected chi connectivity index (χ2v) is 10.7. The van der Waals surface area contributed by atoms with Gasteiger partial charge < -0.3 is 38.5 Å². The van der Waals surface area contributed by atoms with E-state index in [0.29, 0.717) is 34.2 Å². The molecule has 11 nitrogen and oxygen atoms in total. The van der Waals surface area contributed by atoms with Crippen molar-refractivity contribution in [2.24, 2.45) is 5.92 Å². The number of ether oxygens (including phenoxy) is 7. The average Bonchev–Trinajstić information content (AvgIpc) is 3.32. The number of nitrogens with one attached hydrogen (secondary N) is 1. The van der Waals surface area contributed by atoms with Gasteiger partial charge >= 0.3 is 5.97 Å². The third-order valence-corrected chi connectivity index (χ3v) is 8.63. The number of benzene rings is 2. The summed E-state index contributed by atoms with van der Waals surface area (Å²) in [7, 11) is 8.48. The van der Waals surface area contributed by atoms with Crippen LogP contribution in [0.5, 0.6) is 34.5 Å². The molecule has 3 atom stereocenters. The second-order valence-electron chi connectivity index (χ2n) is 10.3. The molecule has 2 heterocycles. The highest BCUT2D eigenvalue weighted by Gasteiger charge is 2.63. The Bertz CT molecular complexity index is 1600. The molecule has 0 bridgehead atoms. The van der Waals surface area contributed by atoms with Crippen LogP contribution in [0.15, 0.2) is 40.7 Å². The van der Waals surface area contributed by atoms with Crippen molar-refractivity contribution in [3.63, 3.8) is 0 Å². The van der Waals surface area contributed by atoms with Gasteiger partial charge in [0.1, 0.15) is 22.1 Å². The summed E-state index contributed by atoms with van der Waals surface area (Å²) in [4.78, 5) is 42.5. The van der Waals surface area contributed by atoms with Gasteiger partial charge in [-0.3, -0.25) is 9.59 Å². The quantitative estimate of drug-likeness (QED) is 0.353. The lowest BCUT2D eigenvalue weighted by atomic mass is 9.65. The zero-order valence-corrected chi connectivity index (χ0v) is 25.8. The number of ketones is 2. The van der Waals surface area contributed by atoms with E-state index in [-0.39, 0.29) is 45.4 Å². The topological polar surface area (TPSA) is 128 Å². The Morgan fingerprint density at radius 1 is 0.907 bits per heavy atom. The molecule has 5 rings (SSSR count). The molecule has 0 aromatic heterocycles. The van der Waals surface area contributed by atoms with Crippen LogP contribution in [0.3, 0.4) is 0 Å². The molecule has 0 unspecified atom stereocenters. The van der Waals surface area contributed by atoms with Gasteiger partial charge in [0.15, 0.2) is 17.2 Å². The van der Waals surface area contributed by atoms with Gasteiger partial charge in [-0.1, -0.05) is 18.5 Å². The first-order valence-corrected chi connectivity index (χ1v) is 13.7. The van der Waals surface area contributed by atoms with Gasteiger partial charge in [-0.2, -0.15) is 0 Å². The third kappa shape index (κ3) is 4.20. The molecule has 0 saturated carbocycles. The fourth-order valence-corrected chi connectivity index (χ4v) is 6.52. The van der Waals surface area contributed by atoms with Crippen LogP contribution in [0.4, 0.5) is 0 Å². The maximum atomic E-state index is 14.9. The van der Waals surface area contributed by atoms with Gasteiger partial charge in [0.25, 0.3) is 0 Å². The van der Waals surface area contributed by atoms with Crippen molar-refractivity contribution in [3.8, 4) is 34.5 Å². The number of carbonyl (C=O) groups is 3. The molecular weight excluding hydrogens is 582 g/mol. The molecule has 1 aliphatic carbocycles. The van der Waals surface area contributed by atoms with E-state index in [0.717, 1.165) is 0 Å². The van der Waals surface area contributed by atoms with Crippen LogP contribution in [-0.4, -0.2) is 65.8 Å². The molecule has 43 heavy (non-hydrogen) atoms. The van der Waals surface area contributed by atoms with Crippen LogP contribution >= 0.6 is 11.6 Å². The number of dihydropyridines is 1. The Morgan fingerprint density at radius 3 is 2.05 bits per heavy atom. The highest BCUT2D eigenvalue weighted by molar-refractivity contribution is 6.36. The van der Waals surface area contributed by atoms with Crippen molar-refractivity contribution in [1.82, 2.24) is 5.32 Å². The summed E-state index contributed by atoms with van der Waals surface area (Å²) in [5.41, 5.74) is -0.0773. The van der Waals surface area contributed by atoms with E-state index in [1.165, 1.54) is 48.7 Å². The second kappa shape index (κ2) is 11.0. The molecule has 228 valence electrons. The first-order chi connectivity index (χ1) is 20.5. The number of allylic oxidation sites excluding steroid dienone is 2. The zero-order valence-electron chi connectivity index (χ0n) is 25.1. The van der Waals surface area contributed by atoms with Crippen molar-refractivity contribution < 1.29 is 47.5 Å². The predicted molar refractivity (Wildman–Crippen MR) is 155 cm³/mol. The Morgan fingerprint density at radius 2 is 1.51 bits per heavy atom. The van der Waals surface area contributed by atoms with Crippen molar-refractivity contribution in [1.29, 1.82) is 0 Å². The molecule has 0 radical (unpaired) electrons. The normalized spacial score (nSPS) is 22.4. The molecule has 2 aromatic rings. The lowest BCUT2D eigenvalue weighted by Gasteiger charge is -2.42. The summed E-state index contributed by atoms with van der Waals surface area (Å²) >= 11 is 6.60. The number of esters is 1. The van der Waals surface area contributed by atoms with Crippen molar-refractivity contribution in [2.45, 2.75) is 31.8 Å². The summed E-state index contributed by atoms with van der Waals surface area (Å²) in [5, 5.41) is 3.27. The van der Waals surface area contributed by atoms with Crippen LogP contribution in [0.1, 0.15) is 42.1 Å². The predicted octanol–water partition coefficient (Wildman–Crippen LogP) is 4.39. The van der Waals surface area contributed by atoms with Gasteiger partial charge in [0, 0.05) is 34.9 Å². The summed E-state index contributed by atoms with van der Waals surface area (Å²) in [6.45, 7) is 3.48. The highest BCUT2D eigenvalue weighted by Crippen LogP contribution is 2.56. The average molecular weight is 614 g/mol. The number of methoxy groups -OCH3 is 6. The fraction of sp³-hybridized carbons (Fsp3) is 0.387. The number of carbonyl (C=O) groups excluding carboxylic acids is 3. The van der Waals surface area contributed by atoms with Crippen LogP contribution in [-0.2, 0) is 14.3 Å². The van der Waals surface area contributed by atoms with Crippen LogP contribution < -0.4 is 33.7 Å². The number of rotatable bonds is 7. The number of fused-ring (bicyclic) bond motifs is 1. The summed E-state index contributed by atoms with van der Waals surface area (Å²) in [5.74, 6) is -2.16. The maximum absolute atomic E-state index is 14.9. The van der Waals surface area contributed by atoms with E-state index >= 15 is 0 Å². The van der Waals surface area contributed by atoms with E-state index in [2.05, 4.69) is 5.32 Å². The molecule has 1 spiro atoms. The smallest absolute Gasteiger partial charge is 0.336 e. The minimum absolute atomic E-state index is 0.000125. The molecule has 1 N–H and O–H groups in total. The number of hydrogen-bond donors (Lipinski definition) is 1. The van der Waals surface area contributed by atoms with Gasteiger partial charge in [0.05, 0.1) is 48.2 Å². The van der Waals surface area contributed by atoms with E-state index in [9.17, 15) is 14.4 Å². The summed E-state index contributed by atoms with van der Waals surface area (Å²) in [6.07, 6.45) is 0.241. The van der Waals surface area contributed by atoms with E-state index in [1.54, 1.807) is 26.0 Å². The number of halogens is 1. The Kier molecular flexibility index (Phi) is 7.72. The molecule has 2 aliphatic heterocycles. The molecule has 0 saturated heterocycles. The van der Waals surface area contributed by atoms with Crippen LogP contribution in [0, 0.1) is 5.92 Å². The molecule has 0 amide bonds. The van der Waals surface area contributed by atoms with Gasteiger partial charge in [-0.25, -0.2) is 4.79 Å². The third-order valence-electron chi connectivity index (χ3n) is 8.28. The van der Waals surface area contributed by atoms with Gasteiger partial charge in [-0.15, -0.1) is 0 Å². The lowest BCUT2D eigenvalue weighted by Crippen LogP contribution is -2.58. The summed E-state index contributed by atoms with van der Waals surface area (Å²) < 4.78 is 39.0. The largest absolute Gasteiger partial charge is 0.496 e. The molecular formula is C31H32ClNO10. The first-order valence-electron chi connectivity index (χ1n) is 13.4. The van der Waals surface area contributed by atoms with Crippen molar-refractivity contribution in [2.75, 3.05) is 42.7 Å². The minimum Gasteiger partial charge on any atom is -0.496 e. The summed E-state index contributed by atoms with van der Waals surface area (Å²) in [6, 6.07) is 4.80. The number of Topliss-reactive ketones (excluding diaryl/α,β-unsaturated/α-hetero) is 2. The fourth-order valence-electron chi connectivity index (χ4n) is 6.26. The minimum atomic E-state index is -1.99. The molecule has 12 heteroatoms. The highest BCUT2D eigenvalue weighted by atomic mass is 35.5. The Labute approximate surface area is 253 Å². The molecule has 2 aromatic carbocycles. The van der Waals surface area contributed by atoms with Gasteiger partial charge in [-0.05, 0) is 31.0 Å². The van der Waals surface area contributed by atoms with Crippen LogP contribution in [0.25, 0.3) is 0 Å². The Hall–Kier alpha value is -4.38.